The molecule has 0 bridgehead atoms. The number of carboxylic acid groups (broad SMARTS) is 1. The predicted octanol–water partition coefficient (Wildman–Crippen LogP) is 1.73. The largest absolute Gasteiger partial charge is 0.478 e. The van der Waals surface area contributed by atoms with Gasteiger partial charge in [0.15, 0.2) is 5.16 Å². The summed E-state index contributed by atoms with van der Waals surface area (Å²) in [5.41, 5.74) is 1.74. The number of aryl methyl sites for hydroxylation is 2. The first kappa shape index (κ1) is 12.4. The lowest BCUT2D eigenvalue weighted by atomic mass is 10.3. The number of carboxylic acids is 1. The minimum Gasteiger partial charge on any atom is -0.478 e. The van der Waals surface area contributed by atoms with Crippen molar-refractivity contribution in [3.05, 3.63) is 35.3 Å². The third kappa shape index (κ3) is 2.80. The summed E-state index contributed by atoms with van der Waals surface area (Å²) in [6, 6.07) is 3.25. The van der Waals surface area contributed by atoms with Crippen LogP contribution in [0.3, 0.4) is 0 Å². The Morgan fingerprint density at radius 3 is 2.56 bits per heavy atom. The van der Waals surface area contributed by atoms with Gasteiger partial charge in [0, 0.05) is 11.4 Å². The lowest BCUT2D eigenvalue weighted by Crippen LogP contribution is -2.02. The second kappa shape index (κ2) is 5.09. The highest BCUT2D eigenvalue weighted by atomic mass is 32.2. The highest BCUT2D eigenvalue weighted by Crippen LogP contribution is 2.25. The maximum absolute atomic E-state index is 11.0. The SMILES string of the molecule is Cc1cc(C)nc(Sc2nnccc2C(=O)O)n1. The van der Waals surface area contributed by atoms with Gasteiger partial charge in [0.2, 0.25) is 0 Å². The molecule has 2 rings (SSSR count). The second-order valence-corrected chi connectivity index (χ2v) is 4.55. The summed E-state index contributed by atoms with van der Waals surface area (Å²) in [5.74, 6) is -1.04. The van der Waals surface area contributed by atoms with E-state index in [4.69, 9.17) is 5.11 Å². The average Bonchev–Trinajstić information content (AvgIpc) is 2.27. The molecular formula is C11H10N4O2S. The molecule has 18 heavy (non-hydrogen) atoms. The first-order valence-electron chi connectivity index (χ1n) is 5.11. The van der Waals surface area contributed by atoms with Crippen LogP contribution >= 0.6 is 11.8 Å². The first-order chi connectivity index (χ1) is 8.56. The molecule has 2 heterocycles. The maximum atomic E-state index is 11.0. The van der Waals surface area contributed by atoms with Crippen molar-refractivity contribution in [3.63, 3.8) is 0 Å². The normalized spacial score (nSPS) is 10.3. The van der Waals surface area contributed by atoms with Gasteiger partial charge in [-0.3, -0.25) is 0 Å². The van der Waals surface area contributed by atoms with E-state index < -0.39 is 5.97 Å². The molecule has 0 aliphatic heterocycles. The third-order valence-electron chi connectivity index (χ3n) is 2.07. The standard InChI is InChI=1S/C11H10N4O2S/c1-6-5-7(2)14-11(13-6)18-9-8(10(16)17)3-4-12-15-9/h3-5H,1-2H3,(H,16,17). The summed E-state index contributed by atoms with van der Waals surface area (Å²) in [7, 11) is 0. The molecule has 0 atom stereocenters. The average molecular weight is 262 g/mol. The van der Waals surface area contributed by atoms with Crippen LogP contribution in [0.1, 0.15) is 21.7 Å². The summed E-state index contributed by atoms with van der Waals surface area (Å²) in [4.78, 5) is 19.5. The molecule has 0 saturated carbocycles. The van der Waals surface area contributed by atoms with Gasteiger partial charge in [-0.2, -0.15) is 5.10 Å². The zero-order chi connectivity index (χ0) is 13.1. The van der Waals surface area contributed by atoms with Crippen LogP contribution in [0.4, 0.5) is 0 Å². The molecule has 0 amide bonds. The van der Waals surface area contributed by atoms with Gasteiger partial charge < -0.3 is 5.11 Å². The maximum Gasteiger partial charge on any atom is 0.338 e. The molecule has 2 aromatic heterocycles. The van der Waals surface area contributed by atoms with E-state index in [0.717, 1.165) is 23.1 Å². The quantitative estimate of drug-likeness (QED) is 0.842. The lowest BCUT2D eigenvalue weighted by Gasteiger charge is -2.03. The number of aromatic carboxylic acids is 1. The van der Waals surface area contributed by atoms with Gasteiger partial charge in [0.1, 0.15) is 5.03 Å². The van der Waals surface area contributed by atoms with Crippen molar-refractivity contribution in [1.82, 2.24) is 20.2 Å². The van der Waals surface area contributed by atoms with Gasteiger partial charge in [0.25, 0.3) is 0 Å². The summed E-state index contributed by atoms with van der Waals surface area (Å²) in [6.45, 7) is 3.71. The van der Waals surface area contributed by atoms with Gasteiger partial charge in [0.05, 0.1) is 11.8 Å². The summed E-state index contributed by atoms with van der Waals surface area (Å²) < 4.78 is 0. The molecule has 0 saturated heterocycles. The molecule has 6 nitrogen and oxygen atoms in total. The third-order valence-corrected chi connectivity index (χ3v) is 2.93. The first-order valence-corrected chi connectivity index (χ1v) is 5.93. The van der Waals surface area contributed by atoms with Crippen molar-refractivity contribution in [2.45, 2.75) is 24.0 Å². The Kier molecular flexibility index (Phi) is 3.52. The van der Waals surface area contributed by atoms with E-state index in [1.54, 1.807) is 0 Å². The van der Waals surface area contributed by atoms with Gasteiger partial charge in [-0.1, -0.05) is 0 Å². The summed E-state index contributed by atoms with van der Waals surface area (Å²) in [6.07, 6.45) is 1.34. The molecule has 0 aromatic carbocycles. The van der Waals surface area contributed by atoms with E-state index in [9.17, 15) is 4.79 Å². The van der Waals surface area contributed by atoms with Crippen molar-refractivity contribution < 1.29 is 9.90 Å². The van der Waals surface area contributed by atoms with Crippen LogP contribution in [0.5, 0.6) is 0 Å². The van der Waals surface area contributed by atoms with Crippen molar-refractivity contribution in [2.24, 2.45) is 0 Å². The molecular weight excluding hydrogens is 252 g/mol. The molecule has 7 heteroatoms. The number of aromatic nitrogens is 4. The van der Waals surface area contributed by atoms with Crippen molar-refractivity contribution in [2.75, 3.05) is 0 Å². The number of hydrogen-bond acceptors (Lipinski definition) is 6. The molecule has 2 aromatic rings. The zero-order valence-electron chi connectivity index (χ0n) is 9.78. The number of hydrogen-bond donors (Lipinski definition) is 1. The van der Waals surface area contributed by atoms with Crippen molar-refractivity contribution >= 4 is 17.7 Å². The van der Waals surface area contributed by atoms with Crippen LogP contribution in [0.2, 0.25) is 0 Å². The van der Waals surface area contributed by atoms with Crippen LogP contribution < -0.4 is 0 Å². The van der Waals surface area contributed by atoms with Crippen LogP contribution in [0.25, 0.3) is 0 Å². The molecule has 1 N–H and O–H groups in total. The molecule has 92 valence electrons. The molecule has 0 fully saturated rings. The van der Waals surface area contributed by atoms with Crippen molar-refractivity contribution in [1.29, 1.82) is 0 Å². The lowest BCUT2D eigenvalue weighted by molar-refractivity contribution is 0.0692. The van der Waals surface area contributed by atoms with Crippen LogP contribution in [0.15, 0.2) is 28.5 Å². The molecule has 0 aliphatic rings. The smallest absolute Gasteiger partial charge is 0.338 e. The Labute approximate surface area is 108 Å². The van der Waals surface area contributed by atoms with Crippen LogP contribution in [0, 0.1) is 13.8 Å². The van der Waals surface area contributed by atoms with Gasteiger partial charge in [-0.05, 0) is 37.7 Å². The Balaban J connectivity index is 2.37. The van der Waals surface area contributed by atoms with Gasteiger partial charge >= 0.3 is 5.97 Å². The summed E-state index contributed by atoms with van der Waals surface area (Å²) in [5, 5.41) is 17.3. The fourth-order valence-electron chi connectivity index (χ4n) is 1.38. The van der Waals surface area contributed by atoms with E-state index in [1.165, 1.54) is 12.3 Å². The van der Waals surface area contributed by atoms with Crippen molar-refractivity contribution in [3.8, 4) is 0 Å². The van der Waals surface area contributed by atoms with E-state index in [0.29, 0.717) is 5.16 Å². The van der Waals surface area contributed by atoms with Gasteiger partial charge in [-0.15, -0.1) is 5.10 Å². The Morgan fingerprint density at radius 1 is 1.28 bits per heavy atom. The highest BCUT2D eigenvalue weighted by molar-refractivity contribution is 7.99. The predicted molar refractivity (Wildman–Crippen MR) is 64.6 cm³/mol. The van der Waals surface area contributed by atoms with E-state index in [-0.39, 0.29) is 10.6 Å². The van der Waals surface area contributed by atoms with Gasteiger partial charge in [-0.25, -0.2) is 14.8 Å². The highest BCUT2D eigenvalue weighted by Gasteiger charge is 2.14. The topological polar surface area (TPSA) is 88.9 Å². The monoisotopic (exact) mass is 262 g/mol. The molecule has 0 aliphatic carbocycles. The Bertz CT molecular complexity index is 583. The fourth-order valence-corrected chi connectivity index (χ4v) is 2.29. The number of carbonyl (C=O) groups is 1. The van der Waals surface area contributed by atoms with E-state index in [1.807, 2.05) is 19.9 Å². The zero-order valence-corrected chi connectivity index (χ0v) is 10.6. The fraction of sp³-hybridized carbons (Fsp3) is 0.182. The van der Waals surface area contributed by atoms with Crippen LogP contribution in [-0.2, 0) is 0 Å². The van der Waals surface area contributed by atoms with E-state index in [2.05, 4.69) is 20.2 Å². The van der Waals surface area contributed by atoms with Crippen LogP contribution in [-0.4, -0.2) is 31.2 Å². The molecule has 0 radical (unpaired) electrons. The summed E-state index contributed by atoms with van der Waals surface area (Å²) >= 11 is 1.09. The minimum absolute atomic E-state index is 0.0951. The Hall–Kier alpha value is -2.02. The number of nitrogens with zero attached hydrogens (tertiary/aromatic N) is 4. The van der Waals surface area contributed by atoms with E-state index >= 15 is 0 Å². The number of rotatable bonds is 3. The second-order valence-electron chi connectivity index (χ2n) is 3.59. The molecule has 0 spiro atoms. The minimum atomic E-state index is -1.04. The Morgan fingerprint density at radius 2 is 1.94 bits per heavy atom. The molecule has 0 unspecified atom stereocenters.